The zero-order valence-corrected chi connectivity index (χ0v) is 19.8. The highest BCUT2D eigenvalue weighted by atomic mass is 19.4. The quantitative estimate of drug-likeness (QED) is 0.0844. The summed E-state index contributed by atoms with van der Waals surface area (Å²) in [6, 6.07) is 0. The molecule has 40 heavy (non-hydrogen) atoms. The van der Waals surface area contributed by atoms with Gasteiger partial charge in [0.05, 0.1) is 0 Å². The van der Waals surface area contributed by atoms with Crippen molar-refractivity contribution in [2.45, 2.75) is 111 Å². The maximum absolute atomic E-state index is 13.8. The molecule has 0 saturated carbocycles. The van der Waals surface area contributed by atoms with Gasteiger partial charge in [-0.2, -0.15) is 87.8 Å². The molecule has 0 atom stereocenters. The second kappa shape index (κ2) is 11.2. The number of hydrogen-bond donors (Lipinski definition) is 0. The third-order valence-electron chi connectivity index (χ3n) is 5.67. The van der Waals surface area contributed by atoms with Crippen LogP contribution >= 0.6 is 0 Å². The first-order valence-corrected chi connectivity index (χ1v) is 10.8. The Hall–Kier alpha value is -1.66. The molecule has 0 heterocycles. The SMILES string of the molecule is C=CCC(F)(F)C(F)(F)C(F)(F)C(F)(F)C(F)(F)C(F)(F)C(F)(F)C(F)(F)C(F)(F)C(F)(F)CCCCCCC. The van der Waals surface area contributed by atoms with Gasteiger partial charge in [0.1, 0.15) is 0 Å². The highest BCUT2D eigenvalue weighted by Crippen LogP contribution is 2.66. The van der Waals surface area contributed by atoms with E-state index in [9.17, 15) is 87.8 Å². The van der Waals surface area contributed by atoms with Gasteiger partial charge < -0.3 is 0 Å². The second-order valence-corrected chi connectivity index (χ2v) is 8.66. The van der Waals surface area contributed by atoms with Gasteiger partial charge in [0.25, 0.3) is 0 Å². The highest BCUT2D eigenvalue weighted by Gasteiger charge is 2.97. The van der Waals surface area contributed by atoms with Crippen LogP contribution in [-0.4, -0.2) is 59.2 Å². The molecule has 0 unspecified atom stereocenters. The fourth-order valence-electron chi connectivity index (χ4n) is 3.06. The van der Waals surface area contributed by atoms with Gasteiger partial charge in [-0.15, -0.1) is 6.58 Å². The maximum Gasteiger partial charge on any atom is 0.385 e. The summed E-state index contributed by atoms with van der Waals surface area (Å²) in [7, 11) is 0. The van der Waals surface area contributed by atoms with E-state index in [1.54, 1.807) is 6.92 Å². The molecule has 0 aliphatic heterocycles. The lowest BCUT2D eigenvalue weighted by Gasteiger charge is -2.45. The zero-order valence-electron chi connectivity index (χ0n) is 19.8. The lowest BCUT2D eigenvalue weighted by atomic mass is 9.84. The van der Waals surface area contributed by atoms with E-state index in [2.05, 4.69) is 6.58 Å². The summed E-state index contributed by atoms with van der Waals surface area (Å²) in [6.45, 7) is 3.85. The highest BCUT2D eigenvalue weighted by molar-refractivity contribution is 5.18. The number of rotatable bonds is 17. The molecule has 0 nitrogen and oxygen atoms in total. The molecule has 20 heteroatoms. The van der Waals surface area contributed by atoms with E-state index in [-0.39, 0.29) is 12.8 Å². The van der Waals surface area contributed by atoms with Gasteiger partial charge in [-0.05, 0) is 6.42 Å². The van der Waals surface area contributed by atoms with E-state index in [1.165, 1.54) is 0 Å². The van der Waals surface area contributed by atoms with Crippen molar-refractivity contribution >= 4 is 0 Å². The number of allylic oxidation sites excluding steroid dienone is 1. The first-order valence-electron chi connectivity index (χ1n) is 10.8. The zero-order chi connectivity index (χ0) is 32.7. The van der Waals surface area contributed by atoms with Gasteiger partial charge in [0.15, 0.2) is 0 Å². The smallest absolute Gasteiger partial charge is 0.200 e. The predicted octanol–water partition coefficient (Wildman–Crippen LogP) is 10.3. The van der Waals surface area contributed by atoms with Crippen LogP contribution in [0.2, 0.25) is 0 Å². The van der Waals surface area contributed by atoms with Gasteiger partial charge in [-0.25, -0.2) is 0 Å². The van der Waals surface area contributed by atoms with Gasteiger partial charge in [0.2, 0.25) is 0 Å². The molecule has 240 valence electrons. The number of alkyl halides is 20. The van der Waals surface area contributed by atoms with Crippen LogP contribution in [0.5, 0.6) is 0 Å². The summed E-state index contributed by atoms with van der Waals surface area (Å²) in [5.41, 5.74) is 0. The first-order chi connectivity index (χ1) is 17.4. The standard InChI is InChI=1S/C20H20F20/c1-3-5-6-7-8-10-12(23,24)14(27,28)16(31,32)18(35,36)20(39,40)19(37,38)17(33,34)15(29,30)13(25,26)11(21,22)9-4-2/h4H,2-3,5-10H2,1H3. The molecule has 0 amide bonds. The van der Waals surface area contributed by atoms with E-state index in [4.69, 9.17) is 0 Å². The summed E-state index contributed by atoms with van der Waals surface area (Å²) in [6.07, 6.45) is -6.60. The third kappa shape index (κ3) is 5.44. The van der Waals surface area contributed by atoms with E-state index >= 15 is 0 Å². The van der Waals surface area contributed by atoms with Gasteiger partial charge >= 0.3 is 59.2 Å². The van der Waals surface area contributed by atoms with Crippen molar-refractivity contribution in [3.05, 3.63) is 12.7 Å². The minimum atomic E-state index is -8.99. The van der Waals surface area contributed by atoms with Crippen molar-refractivity contribution < 1.29 is 87.8 Å². The molecular formula is C20H20F20. The van der Waals surface area contributed by atoms with Crippen LogP contribution in [0.15, 0.2) is 12.7 Å². The summed E-state index contributed by atoms with van der Waals surface area (Å²) >= 11 is 0. The van der Waals surface area contributed by atoms with Crippen LogP contribution in [0.25, 0.3) is 0 Å². The summed E-state index contributed by atoms with van der Waals surface area (Å²) in [5, 5.41) is 0. The Morgan fingerprint density at radius 1 is 0.400 bits per heavy atom. The Bertz CT molecular complexity index is 856. The fraction of sp³-hybridized carbons (Fsp3) is 0.900. The van der Waals surface area contributed by atoms with Gasteiger partial charge in [-0.3, -0.25) is 0 Å². The maximum atomic E-state index is 13.8. The van der Waals surface area contributed by atoms with Crippen LogP contribution in [0.4, 0.5) is 87.8 Å². The minimum absolute atomic E-state index is 0.0191. The van der Waals surface area contributed by atoms with Gasteiger partial charge in [0, 0.05) is 12.8 Å². The molecule has 0 aromatic rings. The predicted molar refractivity (Wildman–Crippen MR) is 97.7 cm³/mol. The molecular weight excluding hydrogens is 620 g/mol. The minimum Gasteiger partial charge on any atom is -0.200 e. The van der Waals surface area contributed by atoms with Crippen LogP contribution in [0, 0.1) is 0 Å². The molecule has 0 aromatic heterocycles. The average Bonchev–Trinajstić information content (AvgIpc) is 2.77. The van der Waals surface area contributed by atoms with Crippen molar-refractivity contribution in [2.75, 3.05) is 0 Å². The monoisotopic (exact) mass is 640 g/mol. The average molecular weight is 640 g/mol. The number of unbranched alkanes of at least 4 members (excludes halogenated alkanes) is 4. The van der Waals surface area contributed by atoms with Crippen LogP contribution in [0.1, 0.15) is 51.9 Å². The topological polar surface area (TPSA) is 0 Å². The number of halogens is 20. The summed E-state index contributed by atoms with van der Waals surface area (Å²) < 4.78 is 274. The van der Waals surface area contributed by atoms with Crippen LogP contribution < -0.4 is 0 Å². The molecule has 0 aromatic carbocycles. The Labute approximate surface area is 212 Å². The Morgan fingerprint density at radius 2 is 0.675 bits per heavy atom. The molecule has 0 spiro atoms. The van der Waals surface area contributed by atoms with E-state index in [1.807, 2.05) is 0 Å². The molecule has 0 aliphatic carbocycles. The summed E-state index contributed by atoms with van der Waals surface area (Å²) in [4.78, 5) is 0. The molecule has 0 rings (SSSR count). The fourth-order valence-corrected chi connectivity index (χ4v) is 3.06. The molecule has 0 N–H and O–H groups in total. The lowest BCUT2D eigenvalue weighted by molar-refractivity contribution is -0.469. The van der Waals surface area contributed by atoms with E-state index < -0.39 is 91.0 Å². The Morgan fingerprint density at radius 3 is 0.975 bits per heavy atom. The van der Waals surface area contributed by atoms with Crippen molar-refractivity contribution in [3.63, 3.8) is 0 Å². The van der Waals surface area contributed by atoms with E-state index in [0.717, 1.165) is 0 Å². The third-order valence-corrected chi connectivity index (χ3v) is 5.67. The van der Waals surface area contributed by atoms with Crippen molar-refractivity contribution in [2.24, 2.45) is 0 Å². The Balaban J connectivity index is 6.78. The molecule has 0 bridgehead atoms. The van der Waals surface area contributed by atoms with Crippen molar-refractivity contribution in [1.29, 1.82) is 0 Å². The molecule has 0 aliphatic rings. The Kier molecular flexibility index (Phi) is 10.7. The molecule has 0 fully saturated rings. The summed E-state index contributed by atoms with van der Waals surface area (Å²) in [5.74, 6) is -81.2. The van der Waals surface area contributed by atoms with E-state index in [0.29, 0.717) is 6.42 Å². The first kappa shape index (κ1) is 38.3. The molecule has 0 saturated heterocycles. The van der Waals surface area contributed by atoms with Crippen molar-refractivity contribution in [3.8, 4) is 0 Å². The van der Waals surface area contributed by atoms with Crippen LogP contribution in [-0.2, 0) is 0 Å². The largest absolute Gasteiger partial charge is 0.385 e. The van der Waals surface area contributed by atoms with Crippen molar-refractivity contribution in [1.82, 2.24) is 0 Å². The molecule has 0 radical (unpaired) electrons. The van der Waals surface area contributed by atoms with Crippen LogP contribution in [0.3, 0.4) is 0 Å². The van der Waals surface area contributed by atoms with Gasteiger partial charge in [-0.1, -0.05) is 38.7 Å². The number of hydrogen-bond acceptors (Lipinski definition) is 0. The normalized spacial score (nSPS) is 15.9. The second-order valence-electron chi connectivity index (χ2n) is 8.66. The lowest BCUT2D eigenvalue weighted by Crippen LogP contribution is -2.77.